The average molecular weight is 325 g/mol. The number of carbonyl (C=O) groups excluding carboxylic acids is 1. The molecule has 0 unspecified atom stereocenters. The molecule has 0 saturated heterocycles. The summed E-state index contributed by atoms with van der Waals surface area (Å²) < 4.78 is 1.04. The topological polar surface area (TPSA) is 42.0 Å². The zero-order valence-corrected chi connectivity index (χ0v) is 12.3. The summed E-state index contributed by atoms with van der Waals surface area (Å²) in [6.45, 7) is 1.91. The summed E-state index contributed by atoms with van der Waals surface area (Å²) in [5.74, 6) is 0.0000954. The number of thiazole rings is 1. The molecule has 0 aliphatic rings. The first-order chi connectivity index (χ1) is 8.65. The minimum atomic E-state index is 0.0000954. The van der Waals surface area contributed by atoms with E-state index in [0.29, 0.717) is 11.6 Å². The van der Waals surface area contributed by atoms with E-state index in [2.05, 4.69) is 26.2 Å². The van der Waals surface area contributed by atoms with Crippen molar-refractivity contribution in [2.75, 3.05) is 5.32 Å². The molecule has 3 nitrogen and oxygen atoms in total. The van der Waals surface area contributed by atoms with Gasteiger partial charge in [-0.15, -0.1) is 11.3 Å². The number of nitrogens with one attached hydrogen (secondary N) is 1. The van der Waals surface area contributed by atoms with Gasteiger partial charge in [0.2, 0.25) is 5.91 Å². The summed E-state index contributed by atoms with van der Waals surface area (Å²) in [6, 6.07) is 7.94. The number of hydrogen-bond donors (Lipinski definition) is 1. The molecule has 0 fully saturated rings. The molecule has 0 radical (unpaired) electrons. The zero-order chi connectivity index (χ0) is 13.0. The first-order valence-electron chi connectivity index (χ1n) is 5.60. The van der Waals surface area contributed by atoms with Crippen LogP contribution in [0.3, 0.4) is 0 Å². The highest BCUT2D eigenvalue weighted by Gasteiger charge is 2.07. The normalized spacial score (nSPS) is 10.3. The predicted molar refractivity (Wildman–Crippen MR) is 77.9 cm³/mol. The Kier molecular flexibility index (Phi) is 4.49. The Labute approximate surface area is 118 Å². The van der Waals surface area contributed by atoms with Crippen LogP contribution < -0.4 is 5.32 Å². The van der Waals surface area contributed by atoms with Gasteiger partial charge in [-0.1, -0.05) is 34.1 Å². The lowest BCUT2D eigenvalue weighted by atomic mass is 10.1. The molecule has 0 atom stereocenters. The van der Waals surface area contributed by atoms with E-state index in [1.807, 2.05) is 36.6 Å². The summed E-state index contributed by atoms with van der Waals surface area (Å²) in [7, 11) is 0. The zero-order valence-electron chi connectivity index (χ0n) is 9.94. The Morgan fingerprint density at radius 2 is 2.22 bits per heavy atom. The van der Waals surface area contributed by atoms with Gasteiger partial charge in [0.1, 0.15) is 0 Å². The molecule has 0 saturated carbocycles. The third-order valence-corrected chi connectivity index (χ3v) is 4.09. The molecule has 1 N–H and O–H groups in total. The van der Waals surface area contributed by atoms with Gasteiger partial charge >= 0.3 is 0 Å². The smallest absolute Gasteiger partial charge is 0.226 e. The van der Waals surface area contributed by atoms with E-state index in [4.69, 9.17) is 0 Å². The second kappa shape index (κ2) is 6.11. The fraction of sp³-hybridized carbons (Fsp3) is 0.231. The van der Waals surface area contributed by atoms with Gasteiger partial charge in [-0.25, -0.2) is 4.98 Å². The van der Waals surface area contributed by atoms with E-state index < -0.39 is 0 Å². The summed E-state index contributed by atoms with van der Waals surface area (Å²) in [5, 5.41) is 5.40. The van der Waals surface area contributed by atoms with Crippen molar-refractivity contribution in [3.63, 3.8) is 0 Å². The van der Waals surface area contributed by atoms with Gasteiger partial charge in [-0.2, -0.15) is 0 Å². The molecule has 94 valence electrons. The van der Waals surface area contributed by atoms with Crippen LogP contribution in [0.1, 0.15) is 17.7 Å². The number of hydrogen-bond acceptors (Lipinski definition) is 3. The van der Waals surface area contributed by atoms with Crippen LogP contribution in [-0.2, 0) is 11.2 Å². The lowest BCUT2D eigenvalue weighted by Crippen LogP contribution is -2.12. The molecule has 5 heteroatoms. The third-order valence-electron chi connectivity index (χ3n) is 2.44. The van der Waals surface area contributed by atoms with E-state index in [9.17, 15) is 4.79 Å². The maximum Gasteiger partial charge on any atom is 0.226 e. The first-order valence-corrected chi connectivity index (χ1v) is 7.28. The highest BCUT2D eigenvalue weighted by atomic mass is 79.9. The fourth-order valence-corrected chi connectivity index (χ4v) is 2.73. The van der Waals surface area contributed by atoms with Gasteiger partial charge in [0, 0.05) is 16.3 Å². The summed E-state index contributed by atoms with van der Waals surface area (Å²) in [6.07, 6.45) is 1.18. The number of aryl methyl sites for hydroxylation is 2. The maximum atomic E-state index is 11.7. The van der Waals surface area contributed by atoms with Crippen LogP contribution in [0.25, 0.3) is 0 Å². The highest BCUT2D eigenvalue weighted by molar-refractivity contribution is 9.10. The van der Waals surface area contributed by atoms with Crippen LogP contribution >= 0.6 is 27.3 Å². The van der Waals surface area contributed by atoms with Crippen molar-refractivity contribution in [3.05, 3.63) is 45.4 Å². The van der Waals surface area contributed by atoms with E-state index in [1.54, 1.807) is 0 Å². The molecule has 2 aromatic rings. The van der Waals surface area contributed by atoms with E-state index in [1.165, 1.54) is 11.3 Å². The van der Waals surface area contributed by atoms with Crippen molar-refractivity contribution >= 4 is 38.3 Å². The van der Waals surface area contributed by atoms with Crippen LogP contribution in [0.4, 0.5) is 5.13 Å². The minimum Gasteiger partial charge on any atom is -0.302 e. The van der Waals surface area contributed by atoms with Crippen molar-refractivity contribution in [1.82, 2.24) is 4.98 Å². The van der Waals surface area contributed by atoms with Crippen LogP contribution in [0.2, 0.25) is 0 Å². The molecule has 1 amide bonds. The second-order valence-corrected chi connectivity index (χ2v) is 5.65. The number of anilines is 1. The van der Waals surface area contributed by atoms with Gasteiger partial charge in [-0.3, -0.25) is 4.79 Å². The lowest BCUT2D eigenvalue weighted by Gasteiger charge is -2.04. The molecule has 2 rings (SSSR count). The number of nitrogens with zero attached hydrogens (tertiary/aromatic N) is 1. The highest BCUT2D eigenvalue weighted by Crippen LogP contribution is 2.18. The number of halogens is 1. The van der Waals surface area contributed by atoms with Crippen molar-refractivity contribution in [1.29, 1.82) is 0 Å². The Hall–Kier alpha value is -1.20. The van der Waals surface area contributed by atoms with Gasteiger partial charge in [-0.05, 0) is 25.0 Å². The molecule has 1 aromatic heterocycles. The summed E-state index contributed by atoms with van der Waals surface area (Å²) in [5.41, 5.74) is 2.07. The van der Waals surface area contributed by atoms with Gasteiger partial charge in [0.25, 0.3) is 0 Å². The molecule has 1 heterocycles. The number of rotatable bonds is 4. The molecule has 1 aromatic carbocycles. The van der Waals surface area contributed by atoms with Crippen molar-refractivity contribution < 1.29 is 4.79 Å². The van der Waals surface area contributed by atoms with Gasteiger partial charge < -0.3 is 5.32 Å². The second-order valence-electron chi connectivity index (χ2n) is 3.93. The molecule has 0 bridgehead atoms. The number of benzene rings is 1. The molecular formula is C13H13BrN2OS. The van der Waals surface area contributed by atoms with E-state index in [0.717, 1.165) is 22.2 Å². The average Bonchev–Trinajstić information content (AvgIpc) is 2.74. The van der Waals surface area contributed by atoms with Gasteiger partial charge in [0.05, 0.1) is 5.69 Å². The SMILES string of the molecule is Cc1csc(NC(=O)CCc2ccccc2Br)n1. The standard InChI is InChI=1S/C13H13BrN2OS/c1-9-8-18-13(15-9)16-12(17)7-6-10-4-2-3-5-11(10)14/h2-5,8H,6-7H2,1H3,(H,15,16,17). The largest absolute Gasteiger partial charge is 0.302 e. The predicted octanol–water partition coefficient (Wildman–Crippen LogP) is 3.79. The molecule has 0 spiro atoms. The Bertz CT molecular complexity index is 553. The van der Waals surface area contributed by atoms with E-state index in [-0.39, 0.29) is 5.91 Å². The molecule has 0 aliphatic carbocycles. The Morgan fingerprint density at radius 3 is 2.89 bits per heavy atom. The monoisotopic (exact) mass is 324 g/mol. The number of carbonyl (C=O) groups is 1. The molecule has 0 aliphatic heterocycles. The van der Waals surface area contributed by atoms with Crippen LogP contribution in [-0.4, -0.2) is 10.9 Å². The number of amides is 1. The summed E-state index contributed by atoms with van der Waals surface area (Å²) in [4.78, 5) is 15.9. The van der Waals surface area contributed by atoms with Crippen molar-refractivity contribution in [3.8, 4) is 0 Å². The Morgan fingerprint density at radius 1 is 1.44 bits per heavy atom. The van der Waals surface area contributed by atoms with Crippen LogP contribution in [0, 0.1) is 6.92 Å². The first kappa shape index (κ1) is 13.2. The minimum absolute atomic E-state index is 0.0000954. The van der Waals surface area contributed by atoms with Crippen LogP contribution in [0.5, 0.6) is 0 Å². The van der Waals surface area contributed by atoms with Gasteiger partial charge in [0.15, 0.2) is 5.13 Å². The molecule has 18 heavy (non-hydrogen) atoms. The fourth-order valence-electron chi connectivity index (χ4n) is 1.54. The third kappa shape index (κ3) is 3.65. The lowest BCUT2D eigenvalue weighted by molar-refractivity contribution is -0.116. The van der Waals surface area contributed by atoms with Crippen molar-refractivity contribution in [2.45, 2.75) is 19.8 Å². The Balaban J connectivity index is 1.87. The summed E-state index contributed by atoms with van der Waals surface area (Å²) >= 11 is 4.92. The quantitative estimate of drug-likeness (QED) is 0.929. The molecular weight excluding hydrogens is 312 g/mol. The maximum absolute atomic E-state index is 11.7. The number of aromatic nitrogens is 1. The van der Waals surface area contributed by atoms with E-state index >= 15 is 0 Å². The van der Waals surface area contributed by atoms with Crippen LogP contribution in [0.15, 0.2) is 34.1 Å². The van der Waals surface area contributed by atoms with Crippen molar-refractivity contribution in [2.24, 2.45) is 0 Å².